The van der Waals surface area contributed by atoms with Crippen LogP contribution < -0.4 is 0 Å². The fourth-order valence-corrected chi connectivity index (χ4v) is 6.18. The third-order valence-corrected chi connectivity index (χ3v) is 7.24. The summed E-state index contributed by atoms with van der Waals surface area (Å²) < 4.78 is 5.45. The molecule has 0 amide bonds. The Hall–Kier alpha value is -1.42. The normalized spacial score (nSPS) is 48.9. The Morgan fingerprint density at radius 2 is 1.96 bits per heavy atom. The van der Waals surface area contributed by atoms with Gasteiger partial charge >= 0.3 is 5.97 Å². The van der Waals surface area contributed by atoms with Gasteiger partial charge in [-0.25, -0.2) is 0 Å². The molecule has 4 aliphatic rings. The Labute approximate surface area is 143 Å². The second-order valence-electron chi connectivity index (χ2n) is 9.13. The molecular weight excluding hydrogens is 304 g/mol. The number of fused-ring (bicyclic) bond motifs is 1. The van der Waals surface area contributed by atoms with Gasteiger partial charge in [0.1, 0.15) is 0 Å². The zero-order chi connectivity index (χ0) is 17.5. The molecule has 0 aromatic carbocycles. The van der Waals surface area contributed by atoms with E-state index in [1.165, 1.54) is 0 Å². The Morgan fingerprint density at radius 3 is 2.62 bits per heavy atom. The molecule has 0 unspecified atom stereocenters. The third-order valence-electron chi connectivity index (χ3n) is 7.24. The van der Waals surface area contributed by atoms with Crippen LogP contribution >= 0.6 is 0 Å². The van der Waals surface area contributed by atoms with Crippen LogP contribution in [0.15, 0.2) is 24.3 Å². The molecule has 1 N–H and O–H groups in total. The number of ether oxygens (including phenoxy) is 1. The van der Waals surface area contributed by atoms with Crippen molar-refractivity contribution in [3.63, 3.8) is 0 Å². The maximum absolute atomic E-state index is 13.2. The predicted molar refractivity (Wildman–Crippen MR) is 88.7 cm³/mol. The molecule has 2 bridgehead atoms. The van der Waals surface area contributed by atoms with Crippen LogP contribution in [-0.2, 0) is 14.3 Å². The van der Waals surface area contributed by atoms with Crippen LogP contribution in [0, 0.1) is 28.1 Å². The van der Waals surface area contributed by atoms with Crippen molar-refractivity contribution in [2.24, 2.45) is 28.1 Å². The summed E-state index contributed by atoms with van der Waals surface area (Å²) in [4.78, 5) is 26.2. The number of allylic oxidation sites excluding steroid dienone is 2. The maximum atomic E-state index is 13.2. The number of ketones is 1. The molecule has 1 aliphatic heterocycles. The highest BCUT2D eigenvalue weighted by molar-refractivity contribution is 6.08. The van der Waals surface area contributed by atoms with Crippen molar-refractivity contribution in [2.45, 2.75) is 58.7 Å². The van der Waals surface area contributed by atoms with Gasteiger partial charge in [-0.3, -0.25) is 9.59 Å². The van der Waals surface area contributed by atoms with Crippen molar-refractivity contribution in [1.82, 2.24) is 0 Å². The van der Waals surface area contributed by atoms with E-state index in [-0.39, 0.29) is 22.7 Å². The fourth-order valence-electron chi connectivity index (χ4n) is 6.18. The lowest BCUT2D eigenvalue weighted by Crippen LogP contribution is -2.63. The van der Waals surface area contributed by atoms with E-state index in [0.29, 0.717) is 12.0 Å². The van der Waals surface area contributed by atoms with Crippen LogP contribution in [0.2, 0.25) is 0 Å². The van der Waals surface area contributed by atoms with Gasteiger partial charge in [-0.2, -0.15) is 0 Å². The number of carbonyl (C=O) groups excluding carboxylic acids is 2. The predicted octanol–water partition coefficient (Wildman–Crippen LogP) is 3.16. The Bertz CT molecular complexity index is 690. The summed E-state index contributed by atoms with van der Waals surface area (Å²) in [6.07, 6.45) is 7.92. The van der Waals surface area contributed by atoms with Gasteiger partial charge in [-0.15, -0.1) is 6.58 Å². The number of hydrogen-bond acceptors (Lipinski definition) is 4. The first-order valence-corrected chi connectivity index (χ1v) is 8.98. The zero-order valence-electron chi connectivity index (χ0n) is 14.7. The quantitative estimate of drug-likeness (QED) is 0.592. The van der Waals surface area contributed by atoms with Gasteiger partial charge in [-0.05, 0) is 31.1 Å². The second-order valence-corrected chi connectivity index (χ2v) is 9.13. The third kappa shape index (κ3) is 1.63. The van der Waals surface area contributed by atoms with Crippen LogP contribution in [0.4, 0.5) is 0 Å². The standard InChI is InChI=1S/C20H26O4/c1-5-18(4)10-7-13-12(11-18)14(21)20(23)15-17(2,3)8-6-9-19(13,15)16(22)24-20/h5,11,13,15,23H,1,6-10H2,2-4H3/t13-,15-,18-,19-,20+/m0/s1. The van der Waals surface area contributed by atoms with Crippen molar-refractivity contribution in [3.05, 3.63) is 24.3 Å². The lowest BCUT2D eigenvalue weighted by atomic mass is 9.44. The van der Waals surface area contributed by atoms with E-state index < -0.39 is 22.9 Å². The topological polar surface area (TPSA) is 63.6 Å². The van der Waals surface area contributed by atoms with E-state index in [1.54, 1.807) is 0 Å². The fraction of sp³-hybridized carbons (Fsp3) is 0.700. The van der Waals surface area contributed by atoms with Crippen LogP contribution in [0.5, 0.6) is 0 Å². The van der Waals surface area contributed by atoms with Gasteiger partial charge in [-0.1, -0.05) is 39.3 Å². The molecule has 4 heteroatoms. The molecule has 4 rings (SSSR count). The van der Waals surface area contributed by atoms with E-state index in [0.717, 1.165) is 25.7 Å². The minimum Gasteiger partial charge on any atom is -0.424 e. The van der Waals surface area contributed by atoms with Crippen molar-refractivity contribution < 1.29 is 19.4 Å². The average molecular weight is 330 g/mol. The van der Waals surface area contributed by atoms with Gasteiger partial charge in [0, 0.05) is 16.9 Å². The molecule has 24 heavy (non-hydrogen) atoms. The van der Waals surface area contributed by atoms with E-state index in [1.807, 2.05) is 19.1 Å². The lowest BCUT2D eigenvalue weighted by Gasteiger charge is -2.56. The minimum atomic E-state index is -2.00. The highest BCUT2D eigenvalue weighted by Gasteiger charge is 2.78. The van der Waals surface area contributed by atoms with Gasteiger partial charge in [0.05, 0.1) is 11.3 Å². The number of Topliss-reactive ketones (excluding diaryl/α,β-unsaturated/α-hetero) is 1. The summed E-state index contributed by atoms with van der Waals surface area (Å²) in [5.41, 5.74) is -0.738. The first-order valence-electron chi connectivity index (χ1n) is 8.98. The Kier molecular flexibility index (Phi) is 2.95. The first-order chi connectivity index (χ1) is 11.1. The summed E-state index contributed by atoms with van der Waals surface area (Å²) in [5.74, 6) is -3.37. The van der Waals surface area contributed by atoms with E-state index in [9.17, 15) is 14.7 Å². The molecule has 0 spiro atoms. The van der Waals surface area contributed by atoms with Crippen LogP contribution in [0.3, 0.4) is 0 Å². The molecule has 3 aliphatic carbocycles. The number of hydrogen-bond donors (Lipinski definition) is 1. The van der Waals surface area contributed by atoms with Crippen molar-refractivity contribution in [3.8, 4) is 0 Å². The van der Waals surface area contributed by atoms with Crippen LogP contribution in [-0.4, -0.2) is 22.6 Å². The van der Waals surface area contributed by atoms with Gasteiger partial charge in [0.25, 0.3) is 5.79 Å². The molecule has 5 atom stereocenters. The van der Waals surface area contributed by atoms with E-state index >= 15 is 0 Å². The van der Waals surface area contributed by atoms with Crippen LogP contribution in [0.25, 0.3) is 0 Å². The second kappa shape index (κ2) is 4.40. The molecular formula is C20H26O4. The van der Waals surface area contributed by atoms with Crippen molar-refractivity contribution in [2.75, 3.05) is 0 Å². The largest absolute Gasteiger partial charge is 0.424 e. The number of rotatable bonds is 1. The molecule has 1 saturated heterocycles. The summed E-state index contributed by atoms with van der Waals surface area (Å²) in [6, 6.07) is 0. The van der Waals surface area contributed by atoms with Gasteiger partial charge in [0.15, 0.2) is 0 Å². The molecule has 130 valence electrons. The van der Waals surface area contributed by atoms with Crippen molar-refractivity contribution >= 4 is 11.8 Å². The Morgan fingerprint density at radius 1 is 1.25 bits per heavy atom. The van der Waals surface area contributed by atoms with Crippen molar-refractivity contribution in [1.29, 1.82) is 0 Å². The summed E-state index contributed by atoms with van der Waals surface area (Å²) >= 11 is 0. The molecule has 0 aromatic heterocycles. The number of carbonyl (C=O) groups is 2. The molecule has 4 nitrogen and oxygen atoms in total. The molecule has 3 fully saturated rings. The minimum absolute atomic E-state index is 0.141. The number of esters is 1. The van der Waals surface area contributed by atoms with E-state index in [2.05, 4.69) is 20.4 Å². The lowest BCUT2D eigenvalue weighted by molar-refractivity contribution is -0.221. The highest BCUT2D eigenvalue weighted by Crippen LogP contribution is 2.69. The molecule has 1 heterocycles. The average Bonchev–Trinajstić information content (AvgIpc) is 2.73. The summed E-state index contributed by atoms with van der Waals surface area (Å²) in [6.45, 7) is 10.0. The maximum Gasteiger partial charge on any atom is 0.316 e. The van der Waals surface area contributed by atoms with Gasteiger partial charge < -0.3 is 9.84 Å². The molecule has 0 aromatic rings. The highest BCUT2D eigenvalue weighted by atomic mass is 16.7. The first kappa shape index (κ1) is 16.1. The van der Waals surface area contributed by atoms with E-state index in [4.69, 9.17) is 4.74 Å². The van der Waals surface area contributed by atoms with Gasteiger partial charge in [0.2, 0.25) is 5.78 Å². The van der Waals surface area contributed by atoms with Crippen LogP contribution in [0.1, 0.15) is 52.9 Å². The Balaban J connectivity index is 1.96. The number of aliphatic hydroxyl groups is 1. The summed E-state index contributed by atoms with van der Waals surface area (Å²) in [5, 5.41) is 11.2. The molecule has 2 saturated carbocycles. The monoisotopic (exact) mass is 330 g/mol. The zero-order valence-corrected chi connectivity index (χ0v) is 14.7. The summed E-state index contributed by atoms with van der Waals surface area (Å²) in [7, 11) is 0. The molecule has 0 radical (unpaired) electrons. The smallest absolute Gasteiger partial charge is 0.316 e. The SMILES string of the molecule is C=C[C@]1(C)C=C2C(=O)[C@@]3(O)OC(=O)[C@@]4(CCCC(C)(C)[C@@H]43)[C@H]2CC1.